The lowest BCUT2D eigenvalue weighted by molar-refractivity contribution is -0.141. The van der Waals surface area contributed by atoms with Crippen LogP contribution in [0, 0.1) is 19.8 Å². The zero-order valence-electron chi connectivity index (χ0n) is 11.8. The van der Waals surface area contributed by atoms with Crippen LogP contribution < -0.4 is 0 Å². The van der Waals surface area contributed by atoms with Gasteiger partial charge in [-0.05, 0) is 31.0 Å². The monoisotopic (exact) mass is 292 g/mol. The summed E-state index contributed by atoms with van der Waals surface area (Å²) < 4.78 is 4.96. The van der Waals surface area contributed by atoms with E-state index in [1.165, 1.54) is 6.07 Å². The second-order valence-corrected chi connectivity index (χ2v) is 5.31. The predicted molar refractivity (Wildman–Crippen MR) is 72.2 cm³/mol. The van der Waals surface area contributed by atoms with Gasteiger partial charge in [-0.1, -0.05) is 6.07 Å². The Morgan fingerprint density at radius 3 is 2.62 bits per heavy atom. The molecule has 0 bridgehead atoms. The first-order valence-electron chi connectivity index (χ1n) is 6.55. The Balaban J connectivity index is 2.34. The molecule has 0 radical (unpaired) electrons. The molecule has 0 saturated carbocycles. The highest BCUT2D eigenvalue weighted by atomic mass is 16.6. The molecule has 0 unspecified atom stereocenters. The van der Waals surface area contributed by atoms with Gasteiger partial charge in [0.15, 0.2) is 6.10 Å². The van der Waals surface area contributed by atoms with Crippen molar-refractivity contribution in [1.29, 1.82) is 0 Å². The number of cyclic esters (lactones) is 1. The fourth-order valence-corrected chi connectivity index (χ4v) is 2.58. The van der Waals surface area contributed by atoms with Gasteiger partial charge in [-0.15, -0.1) is 0 Å². The van der Waals surface area contributed by atoms with E-state index in [9.17, 15) is 19.5 Å². The van der Waals surface area contributed by atoms with E-state index in [4.69, 9.17) is 9.84 Å². The number of carbonyl (C=O) groups is 3. The van der Waals surface area contributed by atoms with Crippen LogP contribution in [0.4, 0.5) is 0 Å². The van der Waals surface area contributed by atoms with Crippen LogP contribution in [-0.4, -0.2) is 34.0 Å². The van der Waals surface area contributed by atoms with Gasteiger partial charge in [-0.2, -0.15) is 0 Å². The summed E-state index contributed by atoms with van der Waals surface area (Å²) in [6, 6.07) is 3.23. The van der Waals surface area contributed by atoms with E-state index in [1.807, 2.05) is 0 Å². The van der Waals surface area contributed by atoms with Gasteiger partial charge in [0.1, 0.15) is 5.75 Å². The summed E-state index contributed by atoms with van der Waals surface area (Å²) in [4.78, 5) is 34.7. The highest BCUT2D eigenvalue weighted by Crippen LogP contribution is 2.32. The molecule has 2 atom stereocenters. The minimum absolute atomic E-state index is 0.0580. The summed E-state index contributed by atoms with van der Waals surface area (Å²) in [7, 11) is 0. The summed E-state index contributed by atoms with van der Waals surface area (Å²) in [6.45, 7) is 3.44. The minimum atomic E-state index is -1.15. The van der Waals surface area contributed by atoms with Crippen molar-refractivity contribution in [1.82, 2.24) is 0 Å². The Morgan fingerprint density at radius 2 is 2.00 bits per heavy atom. The first-order chi connectivity index (χ1) is 9.79. The molecule has 1 saturated heterocycles. The Bertz CT molecular complexity index is 619. The number of carboxylic acids is 1. The van der Waals surface area contributed by atoms with Gasteiger partial charge in [-0.3, -0.25) is 14.4 Å². The summed E-state index contributed by atoms with van der Waals surface area (Å²) in [5.41, 5.74) is 1.38. The zero-order valence-corrected chi connectivity index (χ0v) is 11.8. The zero-order chi connectivity index (χ0) is 15.7. The minimum Gasteiger partial charge on any atom is -0.507 e. The smallest absolute Gasteiger partial charge is 0.306 e. The number of phenolic OH excluding ortho intramolecular Hbond substituents is 1. The molecule has 0 spiro atoms. The number of aliphatic carboxylic acids is 1. The number of carboxylic acid groups (broad SMARTS) is 1. The van der Waals surface area contributed by atoms with Gasteiger partial charge in [-0.25, -0.2) is 0 Å². The normalized spacial score (nSPS) is 21.1. The first kappa shape index (κ1) is 15.0. The summed E-state index contributed by atoms with van der Waals surface area (Å²) in [5, 5.41) is 18.9. The molecule has 6 heteroatoms. The van der Waals surface area contributed by atoms with Gasteiger partial charge >= 0.3 is 11.9 Å². The van der Waals surface area contributed by atoms with Crippen LogP contribution in [-0.2, 0) is 14.3 Å². The van der Waals surface area contributed by atoms with E-state index in [0.29, 0.717) is 5.56 Å². The Kier molecular flexibility index (Phi) is 3.97. The van der Waals surface area contributed by atoms with E-state index < -0.39 is 29.7 Å². The molecule has 2 N–H and O–H groups in total. The number of hydrogen-bond donors (Lipinski definition) is 2. The molecule has 1 aromatic carbocycles. The topological polar surface area (TPSA) is 101 Å². The highest BCUT2D eigenvalue weighted by Gasteiger charge is 2.42. The third kappa shape index (κ3) is 3.04. The fraction of sp³-hybridized carbons (Fsp3) is 0.400. The van der Waals surface area contributed by atoms with Crippen molar-refractivity contribution >= 4 is 17.7 Å². The van der Waals surface area contributed by atoms with Crippen molar-refractivity contribution in [2.45, 2.75) is 32.8 Å². The van der Waals surface area contributed by atoms with Crippen molar-refractivity contribution in [3.05, 3.63) is 28.8 Å². The van der Waals surface area contributed by atoms with Gasteiger partial charge in [0.05, 0.1) is 18.4 Å². The molecule has 1 aromatic rings. The Morgan fingerprint density at radius 1 is 1.33 bits per heavy atom. The molecule has 0 amide bonds. The molecular weight excluding hydrogens is 276 g/mol. The fourth-order valence-electron chi connectivity index (χ4n) is 2.58. The standard InChI is InChI=1S/C15H16O6/c1-7-3-8(2)13(19)10(4-7)14(20)15-9(5-11(16)17)6-12(18)21-15/h3-4,9,15,19H,5-6H2,1-2H3,(H,16,17)/t9-,15+/m1/s1. The van der Waals surface area contributed by atoms with Crippen molar-refractivity contribution < 1.29 is 29.3 Å². The maximum Gasteiger partial charge on any atom is 0.306 e. The number of carbonyl (C=O) groups excluding carboxylic acids is 2. The average molecular weight is 292 g/mol. The lowest BCUT2D eigenvalue weighted by Gasteiger charge is -2.16. The van der Waals surface area contributed by atoms with Crippen LogP contribution in [0.5, 0.6) is 5.75 Å². The van der Waals surface area contributed by atoms with Crippen molar-refractivity contribution in [2.24, 2.45) is 5.92 Å². The average Bonchev–Trinajstić information content (AvgIpc) is 2.73. The van der Waals surface area contributed by atoms with Gasteiger partial charge < -0.3 is 14.9 Å². The number of benzene rings is 1. The number of hydrogen-bond acceptors (Lipinski definition) is 5. The van der Waals surface area contributed by atoms with Crippen LogP contribution in [0.25, 0.3) is 0 Å². The number of esters is 1. The van der Waals surface area contributed by atoms with Crippen LogP contribution >= 0.6 is 0 Å². The number of phenols is 1. The summed E-state index contributed by atoms with van der Waals surface area (Å²) in [5.74, 6) is -3.12. The van der Waals surface area contributed by atoms with Crippen LogP contribution in [0.15, 0.2) is 12.1 Å². The van der Waals surface area contributed by atoms with E-state index in [2.05, 4.69) is 0 Å². The van der Waals surface area contributed by atoms with Crippen molar-refractivity contribution in [3.8, 4) is 5.75 Å². The maximum absolute atomic E-state index is 12.5. The molecule has 0 aliphatic carbocycles. The molecule has 2 rings (SSSR count). The van der Waals surface area contributed by atoms with Gasteiger partial charge in [0.25, 0.3) is 0 Å². The third-order valence-electron chi connectivity index (χ3n) is 3.52. The molecular formula is C15H16O6. The second-order valence-electron chi connectivity index (χ2n) is 5.31. The van der Waals surface area contributed by atoms with Crippen molar-refractivity contribution in [3.63, 3.8) is 0 Å². The number of aryl methyl sites for hydroxylation is 2. The third-order valence-corrected chi connectivity index (χ3v) is 3.52. The molecule has 1 heterocycles. The van der Waals surface area contributed by atoms with Crippen LogP contribution in [0.1, 0.15) is 34.3 Å². The van der Waals surface area contributed by atoms with E-state index in [0.717, 1.165) is 5.56 Å². The van der Waals surface area contributed by atoms with Crippen LogP contribution in [0.2, 0.25) is 0 Å². The summed E-state index contributed by atoms with van der Waals surface area (Å²) in [6.07, 6.45) is -1.58. The van der Waals surface area contributed by atoms with E-state index in [-0.39, 0.29) is 24.2 Å². The predicted octanol–water partition coefficient (Wildman–Crippen LogP) is 1.60. The van der Waals surface area contributed by atoms with E-state index in [1.54, 1.807) is 19.9 Å². The number of ketones is 1. The van der Waals surface area contributed by atoms with Crippen molar-refractivity contribution in [2.75, 3.05) is 0 Å². The molecule has 1 fully saturated rings. The van der Waals surface area contributed by atoms with E-state index >= 15 is 0 Å². The van der Waals surface area contributed by atoms with Gasteiger partial charge in [0, 0.05) is 5.92 Å². The molecule has 0 aromatic heterocycles. The molecule has 1 aliphatic rings. The largest absolute Gasteiger partial charge is 0.507 e. The maximum atomic E-state index is 12.5. The first-order valence-corrected chi connectivity index (χ1v) is 6.55. The van der Waals surface area contributed by atoms with Gasteiger partial charge in [0.2, 0.25) is 5.78 Å². The quantitative estimate of drug-likeness (QED) is 0.645. The molecule has 112 valence electrons. The lowest BCUT2D eigenvalue weighted by atomic mass is 9.90. The number of ether oxygens (including phenoxy) is 1. The number of rotatable bonds is 4. The highest BCUT2D eigenvalue weighted by molar-refractivity contribution is 6.04. The number of Topliss-reactive ketones (excluding diaryl/α,β-unsaturated/α-hetero) is 1. The van der Waals surface area contributed by atoms with Crippen LogP contribution in [0.3, 0.4) is 0 Å². The molecule has 6 nitrogen and oxygen atoms in total. The number of aromatic hydroxyl groups is 1. The SMILES string of the molecule is Cc1cc(C)c(O)c(C(=O)[C@H]2OC(=O)C[C@H]2CC(=O)O)c1. The Labute approximate surface area is 121 Å². The summed E-state index contributed by atoms with van der Waals surface area (Å²) >= 11 is 0. The lowest BCUT2D eigenvalue weighted by Crippen LogP contribution is -2.28. The second kappa shape index (κ2) is 5.55. The molecule has 21 heavy (non-hydrogen) atoms. The Hall–Kier alpha value is -2.37. The molecule has 1 aliphatic heterocycles.